The molecule has 1 heterocycles. The quantitative estimate of drug-likeness (QED) is 0.0805. The number of aromatic nitrogens is 2. The van der Waals surface area contributed by atoms with Gasteiger partial charge in [0.15, 0.2) is 8.07 Å². The highest BCUT2D eigenvalue weighted by Crippen LogP contribution is 2.43. The second-order valence-electron chi connectivity index (χ2n) is 16.8. The minimum atomic E-state index is -3.00. The maximum atomic E-state index is 5.30. The fourth-order valence-electron chi connectivity index (χ4n) is 10.5. The molecule has 11 aromatic rings. The van der Waals surface area contributed by atoms with Crippen molar-refractivity contribution in [3.05, 3.63) is 229 Å². The van der Waals surface area contributed by atoms with E-state index in [4.69, 9.17) is 4.98 Å². The first-order valence-electron chi connectivity index (χ1n) is 22.3. The SMILES string of the molecule is CCc1ccc2c([Si](c3ccccc3)(c3ccccc3)c3ccccc3)c3cc(CC)ccc3c(-c3ccc(-n4c(-c5ccccc5)nc5cccc(C)c54)c4ccccc34)c2c1. The molecule has 63 heavy (non-hydrogen) atoms. The van der Waals surface area contributed by atoms with Crippen molar-refractivity contribution in [1.29, 1.82) is 0 Å². The van der Waals surface area contributed by atoms with Gasteiger partial charge in [-0.3, -0.25) is 4.57 Å². The number of aryl methyl sites for hydroxylation is 3. The normalized spacial score (nSPS) is 11.9. The molecule has 0 radical (unpaired) electrons. The topological polar surface area (TPSA) is 17.8 Å². The van der Waals surface area contributed by atoms with Crippen LogP contribution in [0.15, 0.2) is 212 Å². The van der Waals surface area contributed by atoms with Crippen LogP contribution in [0.4, 0.5) is 0 Å². The van der Waals surface area contributed by atoms with Gasteiger partial charge in [0.1, 0.15) is 5.82 Å². The summed E-state index contributed by atoms with van der Waals surface area (Å²) in [6.45, 7) is 6.76. The highest BCUT2D eigenvalue weighted by molar-refractivity contribution is 7.21. The van der Waals surface area contributed by atoms with Crippen molar-refractivity contribution in [3.8, 4) is 28.2 Å². The van der Waals surface area contributed by atoms with E-state index in [-0.39, 0.29) is 0 Å². The summed E-state index contributed by atoms with van der Waals surface area (Å²) in [5.41, 5.74) is 10.8. The number of hydrogen-bond donors (Lipinski definition) is 0. The smallest absolute Gasteiger partial charge is 0.180 e. The van der Waals surface area contributed by atoms with Gasteiger partial charge in [-0.25, -0.2) is 4.98 Å². The molecule has 0 amide bonds. The average Bonchev–Trinajstić information content (AvgIpc) is 3.75. The van der Waals surface area contributed by atoms with Gasteiger partial charge in [0.2, 0.25) is 0 Å². The van der Waals surface area contributed by atoms with Crippen molar-refractivity contribution in [2.24, 2.45) is 0 Å². The van der Waals surface area contributed by atoms with Gasteiger partial charge in [-0.1, -0.05) is 214 Å². The molecule has 1 aromatic heterocycles. The van der Waals surface area contributed by atoms with Gasteiger partial charge in [-0.15, -0.1) is 0 Å². The number of hydrogen-bond acceptors (Lipinski definition) is 1. The van der Waals surface area contributed by atoms with Crippen molar-refractivity contribution in [1.82, 2.24) is 9.55 Å². The predicted molar refractivity (Wildman–Crippen MR) is 272 cm³/mol. The maximum Gasteiger partial charge on any atom is 0.180 e. The van der Waals surface area contributed by atoms with Crippen molar-refractivity contribution in [2.75, 3.05) is 0 Å². The molecular formula is C60H48N2Si. The van der Waals surface area contributed by atoms with Crippen LogP contribution in [-0.4, -0.2) is 17.6 Å². The van der Waals surface area contributed by atoms with Gasteiger partial charge in [0.05, 0.1) is 16.7 Å². The highest BCUT2D eigenvalue weighted by Gasteiger charge is 2.44. The predicted octanol–water partition coefficient (Wildman–Crippen LogP) is 12.6. The summed E-state index contributed by atoms with van der Waals surface area (Å²) in [5.74, 6) is 0.946. The Morgan fingerprint density at radius 3 is 1.59 bits per heavy atom. The third-order valence-electron chi connectivity index (χ3n) is 13.4. The first-order chi connectivity index (χ1) is 31.1. The number of imidazole rings is 1. The van der Waals surface area contributed by atoms with Crippen LogP contribution in [-0.2, 0) is 12.8 Å². The Morgan fingerprint density at radius 1 is 0.444 bits per heavy atom. The number of benzene rings is 10. The number of rotatable bonds is 9. The first-order valence-corrected chi connectivity index (χ1v) is 24.3. The second kappa shape index (κ2) is 15.9. The lowest BCUT2D eigenvalue weighted by atomic mass is 9.87. The Hall–Kier alpha value is -7.33. The van der Waals surface area contributed by atoms with Crippen LogP contribution in [0.1, 0.15) is 30.5 Å². The Kier molecular flexibility index (Phi) is 9.71. The third kappa shape index (κ3) is 6.18. The zero-order chi connectivity index (χ0) is 42.5. The Bertz CT molecular complexity index is 3370. The van der Waals surface area contributed by atoms with Crippen LogP contribution in [0.5, 0.6) is 0 Å². The van der Waals surface area contributed by atoms with Gasteiger partial charge in [-0.2, -0.15) is 0 Å². The van der Waals surface area contributed by atoms with Crippen LogP contribution in [0.2, 0.25) is 0 Å². The molecule has 3 heteroatoms. The van der Waals surface area contributed by atoms with Gasteiger partial charge < -0.3 is 0 Å². The summed E-state index contributed by atoms with van der Waals surface area (Å²) < 4.78 is 2.40. The standard InChI is InChI=1S/C60H48N2Si/c1-4-42-34-36-52-53(39-42)57(50-37-38-56(49-31-19-18-30-48(49)50)62-58-41(3)21-20-32-55(58)61-60(62)44-22-10-6-11-23-44)51-35-33-43(5-2)40-54(51)59(52)63(45-24-12-7-13-25-45,46-26-14-8-15-27-46)47-28-16-9-17-29-47/h6-40H,4-5H2,1-3H3. The third-order valence-corrected chi connectivity index (χ3v) is 18.3. The lowest BCUT2D eigenvalue weighted by Gasteiger charge is -2.37. The molecular weight excluding hydrogens is 777 g/mol. The zero-order valence-electron chi connectivity index (χ0n) is 36.0. The van der Waals surface area contributed by atoms with E-state index in [1.807, 2.05) is 0 Å². The molecule has 0 unspecified atom stereocenters. The van der Waals surface area contributed by atoms with E-state index in [0.717, 1.165) is 41.0 Å². The largest absolute Gasteiger partial charge is 0.291 e. The van der Waals surface area contributed by atoms with Crippen molar-refractivity contribution < 1.29 is 0 Å². The molecule has 0 aliphatic heterocycles. The van der Waals surface area contributed by atoms with Crippen LogP contribution >= 0.6 is 0 Å². The Morgan fingerprint density at radius 2 is 0.984 bits per heavy atom. The lowest BCUT2D eigenvalue weighted by molar-refractivity contribution is 1.11. The molecule has 0 N–H and O–H groups in total. The van der Waals surface area contributed by atoms with E-state index in [1.165, 1.54) is 80.9 Å². The van der Waals surface area contributed by atoms with Crippen molar-refractivity contribution >= 4 is 72.2 Å². The molecule has 0 saturated heterocycles. The van der Waals surface area contributed by atoms with Gasteiger partial charge in [-0.05, 0) is 107 Å². The fraction of sp³-hybridized carbons (Fsp3) is 0.0833. The van der Waals surface area contributed by atoms with E-state index < -0.39 is 8.07 Å². The monoisotopic (exact) mass is 824 g/mol. The molecule has 0 atom stereocenters. The fourth-order valence-corrected chi connectivity index (χ4v) is 15.6. The summed E-state index contributed by atoms with van der Waals surface area (Å²) >= 11 is 0. The van der Waals surface area contributed by atoms with Crippen LogP contribution in [0.3, 0.4) is 0 Å². The molecule has 0 spiro atoms. The maximum absolute atomic E-state index is 5.30. The van der Waals surface area contributed by atoms with E-state index in [0.29, 0.717) is 0 Å². The molecule has 302 valence electrons. The minimum Gasteiger partial charge on any atom is -0.291 e. The summed E-state index contributed by atoms with van der Waals surface area (Å²) in [5, 5.41) is 13.2. The zero-order valence-corrected chi connectivity index (χ0v) is 37.0. The summed E-state index contributed by atoms with van der Waals surface area (Å²) in [6.07, 6.45) is 1.90. The second-order valence-corrected chi connectivity index (χ2v) is 20.6. The summed E-state index contributed by atoms with van der Waals surface area (Å²) in [7, 11) is -3.00. The first kappa shape index (κ1) is 38.6. The minimum absolute atomic E-state index is 0.946. The molecule has 11 rings (SSSR count). The van der Waals surface area contributed by atoms with Gasteiger partial charge in [0, 0.05) is 10.9 Å². The van der Waals surface area contributed by atoms with Crippen molar-refractivity contribution in [2.45, 2.75) is 33.6 Å². The van der Waals surface area contributed by atoms with Crippen molar-refractivity contribution in [3.63, 3.8) is 0 Å². The van der Waals surface area contributed by atoms with E-state index in [9.17, 15) is 0 Å². The molecule has 0 fully saturated rings. The summed E-state index contributed by atoms with van der Waals surface area (Å²) in [6, 6.07) is 79.7. The highest BCUT2D eigenvalue weighted by atomic mass is 28.3. The molecule has 0 bridgehead atoms. The van der Waals surface area contributed by atoms with Crippen LogP contribution in [0, 0.1) is 6.92 Å². The van der Waals surface area contributed by atoms with Gasteiger partial charge in [0.25, 0.3) is 0 Å². The number of fused-ring (bicyclic) bond motifs is 4. The molecule has 2 nitrogen and oxygen atoms in total. The van der Waals surface area contributed by atoms with E-state index in [2.05, 4.69) is 238 Å². The van der Waals surface area contributed by atoms with Gasteiger partial charge >= 0.3 is 0 Å². The molecule has 0 aliphatic rings. The van der Waals surface area contributed by atoms with Crippen LogP contribution < -0.4 is 20.7 Å². The number of para-hydroxylation sites is 1. The molecule has 0 saturated carbocycles. The molecule has 10 aromatic carbocycles. The van der Waals surface area contributed by atoms with E-state index in [1.54, 1.807) is 0 Å². The Balaban J connectivity index is 1.30. The number of nitrogens with zero attached hydrogens (tertiary/aromatic N) is 2. The lowest BCUT2D eigenvalue weighted by Crippen LogP contribution is -2.75. The summed E-state index contributed by atoms with van der Waals surface area (Å²) in [4.78, 5) is 5.30. The Labute approximate surface area is 370 Å². The molecule has 0 aliphatic carbocycles. The van der Waals surface area contributed by atoms with Crippen LogP contribution in [0.25, 0.3) is 71.6 Å². The average molecular weight is 825 g/mol. The van der Waals surface area contributed by atoms with E-state index >= 15 is 0 Å².